The molecule has 4 heteroatoms. The molecule has 3 fully saturated rings. The number of carbonyl (C=O) groups is 2. The lowest BCUT2D eigenvalue weighted by atomic mass is 9.45. The van der Waals surface area contributed by atoms with Crippen LogP contribution in [0.25, 0.3) is 0 Å². The number of ether oxygens (including phenoxy) is 1. The molecule has 198 valence electrons. The third-order valence-corrected chi connectivity index (χ3v) is 11.2. The summed E-state index contributed by atoms with van der Waals surface area (Å²) in [6, 6.07) is 0. The van der Waals surface area contributed by atoms with Crippen LogP contribution in [0.3, 0.4) is 0 Å². The van der Waals surface area contributed by atoms with Gasteiger partial charge in [0.1, 0.15) is 6.10 Å². The Balaban J connectivity index is 1.40. The van der Waals surface area contributed by atoms with Crippen molar-refractivity contribution < 1.29 is 19.4 Å². The fourth-order valence-corrected chi connectivity index (χ4v) is 9.32. The van der Waals surface area contributed by atoms with Crippen LogP contribution in [0.15, 0.2) is 12.2 Å². The van der Waals surface area contributed by atoms with Crippen molar-refractivity contribution in [1.82, 2.24) is 0 Å². The van der Waals surface area contributed by atoms with Gasteiger partial charge < -0.3 is 9.84 Å². The van der Waals surface area contributed by atoms with Crippen molar-refractivity contribution in [3.63, 3.8) is 0 Å². The maximum Gasteiger partial charge on any atom is 0.306 e. The smallest absolute Gasteiger partial charge is 0.306 e. The molecule has 9 atom stereocenters. The van der Waals surface area contributed by atoms with E-state index >= 15 is 0 Å². The van der Waals surface area contributed by atoms with Gasteiger partial charge in [0, 0.05) is 0 Å². The maximum atomic E-state index is 12.1. The number of hydrogen-bond acceptors (Lipinski definition) is 3. The van der Waals surface area contributed by atoms with Crippen LogP contribution < -0.4 is 0 Å². The van der Waals surface area contributed by atoms with Crippen LogP contribution >= 0.6 is 0 Å². The Morgan fingerprint density at radius 2 is 1.77 bits per heavy atom. The van der Waals surface area contributed by atoms with E-state index in [4.69, 9.17) is 9.84 Å². The van der Waals surface area contributed by atoms with Gasteiger partial charge in [0.05, 0.1) is 12.8 Å². The van der Waals surface area contributed by atoms with Gasteiger partial charge in [-0.15, -0.1) is 0 Å². The average molecular weight is 487 g/mol. The first-order valence-corrected chi connectivity index (χ1v) is 14.6. The molecule has 0 saturated heterocycles. The molecule has 35 heavy (non-hydrogen) atoms. The Morgan fingerprint density at radius 1 is 1.00 bits per heavy atom. The fraction of sp³-hybridized carbons (Fsp3) is 0.871. The highest BCUT2D eigenvalue weighted by atomic mass is 16.5. The zero-order valence-corrected chi connectivity index (χ0v) is 22.9. The molecule has 0 aromatic rings. The Bertz CT molecular complexity index is 802. The fourth-order valence-electron chi connectivity index (χ4n) is 9.32. The number of esters is 1. The van der Waals surface area contributed by atoms with E-state index in [0.29, 0.717) is 11.3 Å². The van der Waals surface area contributed by atoms with Crippen molar-refractivity contribution >= 4 is 11.9 Å². The van der Waals surface area contributed by atoms with Crippen molar-refractivity contribution in [2.24, 2.45) is 52.3 Å². The second-order valence-corrected chi connectivity index (χ2v) is 13.6. The van der Waals surface area contributed by atoms with Gasteiger partial charge in [-0.05, 0) is 103 Å². The minimum Gasteiger partial charge on any atom is -0.481 e. The number of hydrogen-bond donors (Lipinski definition) is 1. The molecule has 0 spiro atoms. The van der Waals surface area contributed by atoms with E-state index in [2.05, 4.69) is 46.8 Å². The highest BCUT2D eigenvalue weighted by Gasteiger charge is 2.60. The Hall–Kier alpha value is -1.32. The van der Waals surface area contributed by atoms with Crippen LogP contribution in [0.5, 0.6) is 0 Å². The molecule has 0 bridgehead atoms. The van der Waals surface area contributed by atoms with E-state index in [-0.39, 0.29) is 30.3 Å². The third-order valence-electron chi connectivity index (χ3n) is 11.2. The molecule has 0 aliphatic heterocycles. The molecule has 0 aromatic carbocycles. The predicted molar refractivity (Wildman–Crippen MR) is 140 cm³/mol. The molecular weight excluding hydrogens is 436 g/mol. The van der Waals surface area contributed by atoms with Gasteiger partial charge in [-0.3, -0.25) is 9.59 Å². The number of rotatable bonds is 9. The zero-order valence-electron chi connectivity index (χ0n) is 22.9. The normalized spacial score (nSPS) is 41.1. The topological polar surface area (TPSA) is 63.6 Å². The first-order valence-electron chi connectivity index (χ1n) is 14.6. The number of aliphatic carboxylic acids is 1. The predicted octanol–water partition coefficient (Wildman–Crippen LogP) is 7.66. The number of fused-ring (bicyclic) bond motifs is 5. The first-order chi connectivity index (χ1) is 16.5. The van der Waals surface area contributed by atoms with Gasteiger partial charge in [-0.25, -0.2) is 0 Å². The quantitative estimate of drug-likeness (QED) is 0.268. The number of carboxylic acids is 1. The molecule has 0 amide bonds. The van der Waals surface area contributed by atoms with Crippen molar-refractivity contribution in [1.29, 1.82) is 0 Å². The highest BCUT2D eigenvalue weighted by molar-refractivity contribution is 5.76. The van der Waals surface area contributed by atoms with E-state index in [1.807, 2.05) is 0 Å². The minimum atomic E-state index is -0.949. The lowest BCUT2D eigenvalue weighted by molar-refractivity contribution is -0.153. The first kappa shape index (κ1) is 26.7. The summed E-state index contributed by atoms with van der Waals surface area (Å²) < 4.78 is 5.66. The summed E-state index contributed by atoms with van der Waals surface area (Å²) in [6.07, 6.45) is 17.3. The van der Waals surface area contributed by atoms with Gasteiger partial charge in [0.25, 0.3) is 0 Å². The molecule has 4 aliphatic rings. The summed E-state index contributed by atoms with van der Waals surface area (Å²) in [5.74, 6) is 4.23. The summed E-state index contributed by atoms with van der Waals surface area (Å²) in [7, 11) is 0. The zero-order chi connectivity index (χ0) is 25.4. The van der Waals surface area contributed by atoms with E-state index in [9.17, 15) is 9.59 Å². The second-order valence-electron chi connectivity index (χ2n) is 13.6. The van der Waals surface area contributed by atoms with E-state index in [0.717, 1.165) is 41.9 Å². The van der Waals surface area contributed by atoms with Gasteiger partial charge in [0.15, 0.2) is 0 Å². The summed E-state index contributed by atoms with van der Waals surface area (Å²) >= 11 is 0. The summed E-state index contributed by atoms with van der Waals surface area (Å²) in [5.41, 5.74) is 0.720. The van der Waals surface area contributed by atoms with Gasteiger partial charge in [-0.1, -0.05) is 60.0 Å². The maximum absolute atomic E-state index is 12.1. The monoisotopic (exact) mass is 486 g/mol. The second kappa shape index (κ2) is 10.6. The van der Waals surface area contributed by atoms with Crippen molar-refractivity contribution in [3.05, 3.63) is 12.2 Å². The SMILES string of the molecule is CC(C)CCC[C@@H](C)[C@H]1CC[C@H]2[C@H]3CC[C@@H]4C[C@@H](OC(=O)CCC(=O)O)C=C[C@]4(C)[C@H]3CC[C@]12C. The molecular formula is C31H50O4. The van der Waals surface area contributed by atoms with Gasteiger partial charge in [0.2, 0.25) is 0 Å². The van der Waals surface area contributed by atoms with Gasteiger partial charge in [-0.2, -0.15) is 0 Å². The van der Waals surface area contributed by atoms with Gasteiger partial charge >= 0.3 is 11.9 Å². The largest absolute Gasteiger partial charge is 0.481 e. The van der Waals surface area contributed by atoms with Crippen LogP contribution in [-0.4, -0.2) is 23.1 Å². The molecule has 4 aliphatic carbocycles. The van der Waals surface area contributed by atoms with Crippen LogP contribution in [0.4, 0.5) is 0 Å². The van der Waals surface area contributed by atoms with Crippen LogP contribution in [0.1, 0.15) is 112 Å². The van der Waals surface area contributed by atoms with Crippen molar-refractivity contribution in [3.8, 4) is 0 Å². The Kier molecular flexibility index (Phi) is 8.08. The van der Waals surface area contributed by atoms with Crippen molar-refractivity contribution in [2.45, 2.75) is 118 Å². The molecule has 0 heterocycles. The van der Waals surface area contributed by atoms with E-state index in [1.54, 1.807) is 0 Å². The lowest BCUT2D eigenvalue weighted by Gasteiger charge is -2.60. The average Bonchev–Trinajstić information content (AvgIpc) is 3.15. The van der Waals surface area contributed by atoms with E-state index < -0.39 is 5.97 Å². The molecule has 4 rings (SSSR count). The van der Waals surface area contributed by atoms with Crippen LogP contribution in [0.2, 0.25) is 0 Å². The lowest BCUT2D eigenvalue weighted by Crippen LogP contribution is -2.53. The number of allylic oxidation sites excluding steroid dienone is 1. The van der Waals surface area contributed by atoms with Crippen molar-refractivity contribution in [2.75, 3.05) is 0 Å². The third kappa shape index (κ3) is 5.37. The molecule has 0 unspecified atom stereocenters. The Labute approximate surface area is 213 Å². The molecule has 4 nitrogen and oxygen atoms in total. The number of carbonyl (C=O) groups excluding carboxylic acids is 1. The number of carboxylic acid groups (broad SMARTS) is 1. The van der Waals surface area contributed by atoms with Crippen LogP contribution in [-0.2, 0) is 14.3 Å². The van der Waals surface area contributed by atoms with E-state index in [1.165, 1.54) is 57.8 Å². The molecule has 3 saturated carbocycles. The summed E-state index contributed by atoms with van der Waals surface area (Å²) in [4.78, 5) is 22.9. The highest BCUT2D eigenvalue weighted by Crippen LogP contribution is 2.67. The minimum absolute atomic E-state index is 0.0381. The van der Waals surface area contributed by atoms with Crippen LogP contribution in [0, 0.1) is 52.3 Å². The summed E-state index contributed by atoms with van der Waals surface area (Å²) in [6.45, 7) is 12.4. The Morgan fingerprint density at radius 3 is 2.49 bits per heavy atom. The molecule has 0 aromatic heterocycles. The molecule has 0 radical (unpaired) electrons. The molecule has 1 N–H and O–H groups in total. The summed E-state index contributed by atoms with van der Waals surface area (Å²) in [5, 5.41) is 8.83. The standard InChI is InChI=1S/C31H50O4/c1-20(2)7-6-8-21(3)25-11-12-26-24-10-9-22-19-23(35-29(34)14-13-28(32)33)15-17-30(22,4)27(24)16-18-31(25,26)5/h15,17,20-27H,6-14,16,18-19H2,1-5H3,(H,32,33)/t21-,22-,23+,24-,25-,26+,27+,30+,31-/m1/s1.